The number of amides is 1. The van der Waals surface area contributed by atoms with Gasteiger partial charge in [-0.25, -0.2) is 4.68 Å². The highest BCUT2D eigenvalue weighted by Gasteiger charge is 2.30. The van der Waals surface area contributed by atoms with E-state index in [1.807, 2.05) is 40.6 Å². The van der Waals surface area contributed by atoms with Crippen LogP contribution >= 0.6 is 11.3 Å². The summed E-state index contributed by atoms with van der Waals surface area (Å²) in [7, 11) is 3.19. The molecule has 1 fully saturated rings. The first-order valence-corrected chi connectivity index (χ1v) is 11.1. The third-order valence-electron chi connectivity index (χ3n) is 5.55. The predicted octanol–water partition coefficient (Wildman–Crippen LogP) is 3.22. The summed E-state index contributed by atoms with van der Waals surface area (Å²) in [6, 6.07) is 12.6. The molecule has 0 bridgehead atoms. The minimum absolute atomic E-state index is 0.0107. The summed E-state index contributed by atoms with van der Waals surface area (Å²) < 4.78 is 12.2. The fourth-order valence-corrected chi connectivity index (χ4v) is 4.66. The van der Waals surface area contributed by atoms with Crippen molar-refractivity contribution in [3.63, 3.8) is 0 Å². The normalized spacial score (nSPS) is 15.8. The molecule has 4 rings (SSSR count). The SMILES string of the molecule is COc1ccc(OC)c(CC(=O)N2CCC[C@@H]2Cn2nc(-c3cccs3)ccc2=O)c1. The predicted molar refractivity (Wildman–Crippen MR) is 120 cm³/mol. The van der Waals surface area contributed by atoms with Gasteiger partial charge in [0, 0.05) is 18.2 Å². The van der Waals surface area contributed by atoms with E-state index in [0.717, 1.165) is 29.0 Å². The Balaban J connectivity index is 1.52. The Morgan fingerprint density at radius 1 is 1.19 bits per heavy atom. The first kappa shape index (κ1) is 21.1. The molecule has 3 heterocycles. The maximum Gasteiger partial charge on any atom is 0.266 e. The number of carbonyl (C=O) groups is 1. The molecule has 0 aliphatic carbocycles. The van der Waals surface area contributed by atoms with E-state index in [9.17, 15) is 9.59 Å². The lowest BCUT2D eigenvalue weighted by Crippen LogP contribution is -2.41. The van der Waals surface area contributed by atoms with Crippen LogP contribution < -0.4 is 15.0 Å². The van der Waals surface area contributed by atoms with Gasteiger partial charge < -0.3 is 14.4 Å². The van der Waals surface area contributed by atoms with Crippen molar-refractivity contribution in [2.75, 3.05) is 20.8 Å². The van der Waals surface area contributed by atoms with Crippen molar-refractivity contribution in [1.29, 1.82) is 0 Å². The second-order valence-electron chi connectivity index (χ2n) is 7.45. The Morgan fingerprint density at radius 3 is 2.81 bits per heavy atom. The van der Waals surface area contributed by atoms with E-state index in [1.165, 1.54) is 4.68 Å². The Labute approximate surface area is 184 Å². The van der Waals surface area contributed by atoms with Crippen LogP contribution in [0.2, 0.25) is 0 Å². The van der Waals surface area contributed by atoms with Gasteiger partial charge in [0.25, 0.3) is 5.56 Å². The van der Waals surface area contributed by atoms with Gasteiger partial charge in [0.2, 0.25) is 5.91 Å². The van der Waals surface area contributed by atoms with Crippen LogP contribution in [0.15, 0.2) is 52.6 Å². The second kappa shape index (κ2) is 9.34. The summed E-state index contributed by atoms with van der Waals surface area (Å²) in [5, 5.41) is 6.53. The molecule has 1 aliphatic rings. The average molecular weight is 440 g/mol. The monoisotopic (exact) mass is 439 g/mol. The largest absolute Gasteiger partial charge is 0.497 e. The van der Waals surface area contributed by atoms with Gasteiger partial charge in [0.15, 0.2) is 0 Å². The number of hydrogen-bond acceptors (Lipinski definition) is 6. The molecule has 1 aromatic carbocycles. The summed E-state index contributed by atoms with van der Waals surface area (Å²) in [6.45, 7) is 1.06. The average Bonchev–Trinajstić information content (AvgIpc) is 3.47. The topological polar surface area (TPSA) is 73.7 Å². The summed E-state index contributed by atoms with van der Waals surface area (Å²) >= 11 is 1.58. The molecule has 1 aliphatic heterocycles. The van der Waals surface area contributed by atoms with Crippen molar-refractivity contribution in [2.24, 2.45) is 0 Å². The Hall–Kier alpha value is -3.13. The number of methoxy groups -OCH3 is 2. The van der Waals surface area contributed by atoms with Crippen LogP contribution in [0.1, 0.15) is 18.4 Å². The number of thiophene rings is 1. The van der Waals surface area contributed by atoms with Gasteiger partial charge in [-0.05, 0) is 48.6 Å². The second-order valence-corrected chi connectivity index (χ2v) is 8.40. The van der Waals surface area contributed by atoms with Crippen LogP contribution in [-0.4, -0.2) is 47.4 Å². The zero-order valence-electron chi connectivity index (χ0n) is 17.6. The van der Waals surface area contributed by atoms with Crippen molar-refractivity contribution < 1.29 is 14.3 Å². The molecule has 7 nitrogen and oxygen atoms in total. The van der Waals surface area contributed by atoms with Crippen molar-refractivity contribution in [3.05, 3.63) is 63.8 Å². The van der Waals surface area contributed by atoms with Crippen LogP contribution in [0.25, 0.3) is 10.6 Å². The van der Waals surface area contributed by atoms with E-state index < -0.39 is 0 Å². The number of likely N-dealkylation sites (tertiary alicyclic amines) is 1. The number of ether oxygens (including phenoxy) is 2. The molecule has 2 aromatic heterocycles. The van der Waals surface area contributed by atoms with Crippen molar-refractivity contribution in [3.8, 4) is 22.1 Å². The minimum Gasteiger partial charge on any atom is -0.497 e. The van der Waals surface area contributed by atoms with Gasteiger partial charge >= 0.3 is 0 Å². The van der Waals surface area contributed by atoms with Crippen LogP contribution in [0.3, 0.4) is 0 Å². The Morgan fingerprint density at radius 2 is 2.06 bits per heavy atom. The number of carbonyl (C=O) groups excluding carboxylic acids is 1. The first-order valence-electron chi connectivity index (χ1n) is 10.2. The Bertz CT molecular complexity index is 1110. The number of nitrogens with zero attached hydrogens (tertiary/aromatic N) is 3. The van der Waals surface area contributed by atoms with Crippen molar-refractivity contribution in [2.45, 2.75) is 31.8 Å². The van der Waals surface area contributed by atoms with E-state index >= 15 is 0 Å². The maximum absolute atomic E-state index is 13.1. The van der Waals surface area contributed by atoms with Gasteiger partial charge in [-0.1, -0.05) is 6.07 Å². The summed E-state index contributed by atoms with van der Waals surface area (Å²) in [4.78, 5) is 28.4. The molecule has 1 atom stereocenters. The zero-order chi connectivity index (χ0) is 21.8. The highest BCUT2D eigenvalue weighted by atomic mass is 32.1. The third kappa shape index (κ3) is 4.64. The molecule has 1 saturated heterocycles. The molecule has 0 N–H and O–H groups in total. The number of rotatable bonds is 7. The summed E-state index contributed by atoms with van der Waals surface area (Å²) in [5.41, 5.74) is 1.40. The molecule has 0 radical (unpaired) electrons. The third-order valence-corrected chi connectivity index (χ3v) is 6.44. The van der Waals surface area contributed by atoms with Gasteiger partial charge in [-0.2, -0.15) is 5.10 Å². The van der Waals surface area contributed by atoms with Gasteiger partial charge in [0.1, 0.15) is 17.2 Å². The molecule has 8 heteroatoms. The molecule has 31 heavy (non-hydrogen) atoms. The molecule has 162 valence electrons. The minimum atomic E-state index is -0.158. The van der Waals surface area contributed by atoms with Crippen molar-refractivity contribution >= 4 is 17.2 Å². The molecule has 3 aromatic rings. The molecule has 0 unspecified atom stereocenters. The maximum atomic E-state index is 13.1. The van der Waals surface area contributed by atoms with Crippen molar-refractivity contribution in [1.82, 2.24) is 14.7 Å². The summed E-state index contributed by atoms with van der Waals surface area (Å²) in [5.74, 6) is 1.35. The lowest BCUT2D eigenvalue weighted by Gasteiger charge is -2.25. The van der Waals surface area contributed by atoms with E-state index in [1.54, 1.807) is 37.7 Å². The standard InChI is InChI=1S/C23H25N3O4S/c1-29-18-7-9-20(30-2)16(13-18)14-23(28)25-11-3-5-17(25)15-26-22(27)10-8-19(24-26)21-6-4-12-31-21/h4,6-10,12-13,17H,3,5,11,14-15H2,1-2H3/t17-/m1/s1. The number of hydrogen-bond donors (Lipinski definition) is 0. The number of benzene rings is 1. The quantitative estimate of drug-likeness (QED) is 0.565. The van der Waals surface area contributed by atoms with E-state index in [0.29, 0.717) is 24.6 Å². The van der Waals surface area contributed by atoms with E-state index in [4.69, 9.17) is 9.47 Å². The molecule has 1 amide bonds. The van der Waals surface area contributed by atoms with Crippen LogP contribution in [0.4, 0.5) is 0 Å². The van der Waals surface area contributed by atoms with Crippen LogP contribution in [0, 0.1) is 0 Å². The lowest BCUT2D eigenvalue weighted by atomic mass is 10.1. The lowest BCUT2D eigenvalue weighted by molar-refractivity contribution is -0.131. The zero-order valence-corrected chi connectivity index (χ0v) is 18.4. The van der Waals surface area contributed by atoms with Gasteiger partial charge in [-0.3, -0.25) is 9.59 Å². The number of aromatic nitrogens is 2. The fraction of sp³-hybridized carbons (Fsp3) is 0.348. The molecule has 0 spiro atoms. The Kier molecular flexibility index (Phi) is 6.36. The first-order chi connectivity index (χ1) is 15.1. The fourth-order valence-electron chi connectivity index (χ4n) is 3.97. The van der Waals surface area contributed by atoms with Crippen LogP contribution in [-0.2, 0) is 17.8 Å². The van der Waals surface area contributed by atoms with E-state index in [2.05, 4.69) is 5.10 Å². The highest BCUT2D eigenvalue weighted by molar-refractivity contribution is 7.13. The van der Waals surface area contributed by atoms with Crippen LogP contribution in [0.5, 0.6) is 11.5 Å². The summed E-state index contributed by atoms with van der Waals surface area (Å²) in [6.07, 6.45) is 1.97. The molecular weight excluding hydrogens is 414 g/mol. The molecular formula is C23H25N3O4S. The van der Waals surface area contributed by atoms with Gasteiger partial charge in [0.05, 0.1) is 38.1 Å². The van der Waals surface area contributed by atoms with E-state index in [-0.39, 0.29) is 23.9 Å². The highest BCUT2D eigenvalue weighted by Crippen LogP contribution is 2.27. The smallest absolute Gasteiger partial charge is 0.266 e. The van der Waals surface area contributed by atoms with Gasteiger partial charge in [-0.15, -0.1) is 11.3 Å². The molecule has 0 saturated carbocycles.